The number of thioether (sulfide) groups is 1. The second-order valence-electron chi connectivity index (χ2n) is 5.90. The molecule has 146 valence electrons. The Kier molecular flexibility index (Phi) is 6.35. The highest BCUT2D eigenvalue weighted by Gasteiger charge is 2.14. The Morgan fingerprint density at radius 1 is 1.25 bits per heavy atom. The van der Waals surface area contributed by atoms with Gasteiger partial charge in [0, 0.05) is 23.3 Å². The van der Waals surface area contributed by atoms with Crippen molar-refractivity contribution in [3.05, 3.63) is 59.7 Å². The molecule has 0 radical (unpaired) electrons. The number of aromatic nitrogens is 2. The van der Waals surface area contributed by atoms with E-state index < -0.39 is 5.76 Å². The van der Waals surface area contributed by atoms with Gasteiger partial charge < -0.3 is 9.84 Å². The summed E-state index contributed by atoms with van der Waals surface area (Å²) in [6, 6.07) is 10.9. The Hall–Kier alpha value is -2.81. The van der Waals surface area contributed by atoms with Crippen molar-refractivity contribution in [2.24, 2.45) is 0 Å². The van der Waals surface area contributed by atoms with E-state index in [2.05, 4.69) is 15.5 Å². The van der Waals surface area contributed by atoms with Crippen LogP contribution in [-0.2, 0) is 11.2 Å². The Balaban J connectivity index is 1.60. The number of rotatable bonds is 7. The number of carbonyl (C=O) groups excluding carboxylic acids is 1. The van der Waals surface area contributed by atoms with Gasteiger partial charge in [-0.25, -0.2) is 4.39 Å². The lowest BCUT2D eigenvalue weighted by molar-refractivity contribution is -0.116. The van der Waals surface area contributed by atoms with Crippen molar-refractivity contribution in [2.75, 3.05) is 5.32 Å². The number of amides is 1. The first-order chi connectivity index (χ1) is 13.4. The highest BCUT2D eigenvalue weighted by Crippen LogP contribution is 2.31. The van der Waals surface area contributed by atoms with Crippen molar-refractivity contribution in [1.82, 2.24) is 10.1 Å². The van der Waals surface area contributed by atoms with Gasteiger partial charge >= 0.3 is 0 Å². The van der Waals surface area contributed by atoms with E-state index in [9.17, 15) is 18.0 Å². The molecule has 2 aromatic carbocycles. The Morgan fingerprint density at radius 2 is 2.04 bits per heavy atom. The molecule has 9 heteroatoms. The van der Waals surface area contributed by atoms with Crippen molar-refractivity contribution < 1.29 is 22.5 Å². The molecular formula is C19H16F3N3O2S. The third-order valence-electron chi connectivity index (χ3n) is 3.84. The van der Waals surface area contributed by atoms with E-state index in [-0.39, 0.29) is 41.2 Å². The zero-order valence-electron chi connectivity index (χ0n) is 14.8. The molecule has 28 heavy (non-hydrogen) atoms. The summed E-state index contributed by atoms with van der Waals surface area (Å²) >= 11 is 0.365. The number of hydrogen-bond donors (Lipinski definition) is 1. The second kappa shape index (κ2) is 8.92. The van der Waals surface area contributed by atoms with E-state index in [0.717, 1.165) is 0 Å². The van der Waals surface area contributed by atoms with Crippen molar-refractivity contribution in [3.8, 4) is 11.4 Å². The van der Waals surface area contributed by atoms with E-state index in [4.69, 9.17) is 4.52 Å². The van der Waals surface area contributed by atoms with Crippen LogP contribution in [0.15, 0.2) is 51.9 Å². The van der Waals surface area contributed by atoms with Crippen LogP contribution in [0.2, 0.25) is 0 Å². The SMILES string of the molecule is Cc1ccc(-c2noc(CCC(=O)Nc3ccccc3SC(F)F)n2)cc1F. The predicted octanol–water partition coefficient (Wildman–Crippen LogP) is 5.07. The highest BCUT2D eigenvalue weighted by molar-refractivity contribution is 7.99. The van der Waals surface area contributed by atoms with Gasteiger partial charge in [0.15, 0.2) is 0 Å². The number of nitrogens with zero attached hydrogens (tertiary/aromatic N) is 2. The third-order valence-corrected chi connectivity index (χ3v) is 4.63. The Labute approximate surface area is 163 Å². The summed E-state index contributed by atoms with van der Waals surface area (Å²) in [7, 11) is 0. The number of hydrogen-bond acceptors (Lipinski definition) is 5. The minimum absolute atomic E-state index is 0.0254. The fourth-order valence-corrected chi connectivity index (χ4v) is 3.00. The molecule has 0 unspecified atom stereocenters. The van der Waals surface area contributed by atoms with Gasteiger partial charge in [-0.05, 0) is 30.7 Å². The lowest BCUT2D eigenvalue weighted by atomic mass is 10.1. The van der Waals surface area contributed by atoms with Crippen LogP contribution in [-0.4, -0.2) is 21.8 Å². The molecule has 0 fully saturated rings. The van der Waals surface area contributed by atoms with E-state index in [0.29, 0.717) is 28.6 Å². The Bertz CT molecular complexity index is 979. The number of nitrogens with one attached hydrogen (secondary N) is 1. The van der Waals surface area contributed by atoms with Gasteiger partial charge in [-0.15, -0.1) is 0 Å². The molecule has 0 aliphatic heterocycles. The minimum atomic E-state index is -2.58. The molecular weight excluding hydrogens is 391 g/mol. The standard InChI is InChI=1S/C19H16F3N3O2S/c1-11-6-7-12(10-13(11)20)18-24-17(27-25-18)9-8-16(26)23-14-4-2-3-5-15(14)28-19(21)22/h2-7,10,19H,8-9H2,1H3,(H,23,26). The predicted molar refractivity (Wildman–Crippen MR) is 99.7 cm³/mol. The molecule has 3 rings (SSSR count). The van der Waals surface area contributed by atoms with Crippen molar-refractivity contribution in [1.29, 1.82) is 0 Å². The molecule has 0 aliphatic carbocycles. The van der Waals surface area contributed by atoms with Crippen molar-refractivity contribution in [2.45, 2.75) is 30.4 Å². The molecule has 3 aromatic rings. The number of halogens is 3. The molecule has 0 aliphatic rings. The average Bonchev–Trinajstić information content (AvgIpc) is 3.12. The van der Waals surface area contributed by atoms with E-state index in [1.807, 2.05) is 0 Å². The van der Waals surface area contributed by atoms with Crippen molar-refractivity contribution >= 4 is 23.4 Å². The fourth-order valence-electron chi connectivity index (χ4n) is 2.41. The first-order valence-corrected chi connectivity index (χ1v) is 9.23. The zero-order valence-corrected chi connectivity index (χ0v) is 15.6. The first-order valence-electron chi connectivity index (χ1n) is 8.35. The van der Waals surface area contributed by atoms with Gasteiger partial charge in [-0.2, -0.15) is 13.8 Å². The number of carbonyl (C=O) groups is 1. The molecule has 5 nitrogen and oxygen atoms in total. The van der Waals surface area contributed by atoms with Crippen LogP contribution in [0.1, 0.15) is 17.9 Å². The Morgan fingerprint density at radius 3 is 2.79 bits per heavy atom. The van der Waals surface area contributed by atoms with Crippen LogP contribution in [0.25, 0.3) is 11.4 Å². The second-order valence-corrected chi connectivity index (χ2v) is 6.93. The maximum absolute atomic E-state index is 13.7. The maximum Gasteiger partial charge on any atom is 0.288 e. The summed E-state index contributed by atoms with van der Waals surface area (Å²) in [4.78, 5) is 16.6. The van der Waals surface area contributed by atoms with Gasteiger partial charge in [0.25, 0.3) is 5.76 Å². The average molecular weight is 407 g/mol. The van der Waals surface area contributed by atoms with E-state index in [1.165, 1.54) is 12.1 Å². The fraction of sp³-hybridized carbons (Fsp3) is 0.211. The smallest absolute Gasteiger partial charge is 0.288 e. The van der Waals surface area contributed by atoms with Gasteiger partial charge in [-0.1, -0.05) is 41.2 Å². The largest absolute Gasteiger partial charge is 0.339 e. The molecule has 0 saturated carbocycles. The molecule has 0 bridgehead atoms. The zero-order chi connectivity index (χ0) is 20.1. The number of alkyl halides is 2. The molecule has 1 heterocycles. The molecule has 0 spiro atoms. The number of benzene rings is 2. The first kappa shape index (κ1) is 19.9. The van der Waals surface area contributed by atoms with Gasteiger partial charge in [0.1, 0.15) is 5.82 Å². The quantitative estimate of drug-likeness (QED) is 0.554. The topological polar surface area (TPSA) is 68.0 Å². The molecule has 0 saturated heterocycles. The van der Waals surface area contributed by atoms with Crippen LogP contribution >= 0.6 is 11.8 Å². The molecule has 1 N–H and O–H groups in total. The summed E-state index contributed by atoms with van der Waals surface area (Å²) in [5, 5.41) is 6.40. The summed E-state index contributed by atoms with van der Waals surface area (Å²) in [6.45, 7) is 1.65. The van der Waals surface area contributed by atoms with Gasteiger partial charge in [0.05, 0.1) is 5.69 Å². The monoisotopic (exact) mass is 407 g/mol. The summed E-state index contributed by atoms with van der Waals surface area (Å²) in [6.07, 6.45) is 0.189. The van der Waals surface area contributed by atoms with Crippen LogP contribution in [0.5, 0.6) is 0 Å². The number of anilines is 1. The van der Waals surface area contributed by atoms with Crippen LogP contribution < -0.4 is 5.32 Å². The molecule has 1 aromatic heterocycles. The van der Waals surface area contributed by atoms with Gasteiger partial charge in [-0.3, -0.25) is 4.79 Å². The maximum atomic E-state index is 13.7. The summed E-state index contributed by atoms with van der Waals surface area (Å²) in [5.41, 5.74) is 1.30. The lowest BCUT2D eigenvalue weighted by Gasteiger charge is -2.09. The van der Waals surface area contributed by atoms with E-state index in [1.54, 1.807) is 37.3 Å². The normalized spacial score (nSPS) is 11.0. The van der Waals surface area contributed by atoms with Crippen molar-refractivity contribution in [3.63, 3.8) is 0 Å². The highest BCUT2D eigenvalue weighted by atomic mass is 32.2. The molecule has 0 atom stereocenters. The van der Waals surface area contributed by atoms with Crippen LogP contribution in [0.4, 0.5) is 18.9 Å². The lowest BCUT2D eigenvalue weighted by Crippen LogP contribution is -2.13. The number of aryl methyl sites for hydroxylation is 2. The molecule has 1 amide bonds. The van der Waals surface area contributed by atoms with Crippen LogP contribution in [0, 0.1) is 12.7 Å². The third kappa shape index (κ3) is 5.13. The number of para-hydroxylation sites is 1. The summed E-state index contributed by atoms with van der Waals surface area (Å²) < 4.78 is 43.9. The minimum Gasteiger partial charge on any atom is -0.339 e. The van der Waals surface area contributed by atoms with Crippen LogP contribution in [0.3, 0.4) is 0 Å². The van der Waals surface area contributed by atoms with E-state index >= 15 is 0 Å². The van der Waals surface area contributed by atoms with Gasteiger partial charge in [0.2, 0.25) is 17.6 Å². The summed E-state index contributed by atoms with van der Waals surface area (Å²) in [5.74, 6) is -2.87.